The summed E-state index contributed by atoms with van der Waals surface area (Å²) in [6.45, 7) is 0.548. The van der Waals surface area contributed by atoms with Crippen molar-refractivity contribution in [2.24, 2.45) is 0 Å². The van der Waals surface area contributed by atoms with E-state index in [0.29, 0.717) is 22.8 Å². The van der Waals surface area contributed by atoms with Crippen molar-refractivity contribution >= 4 is 23.2 Å². The number of benzene rings is 2. The summed E-state index contributed by atoms with van der Waals surface area (Å²) >= 11 is 5.91. The van der Waals surface area contributed by atoms with E-state index in [1.54, 1.807) is 30.1 Å². The van der Waals surface area contributed by atoms with Crippen LogP contribution in [0.4, 0.5) is 5.69 Å². The summed E-state index contributed by atoms with van der Waals surface area (Å²) in [6, 6.07) is 14.7. The van der Waals surface area contributed by atoms with E-state index in [9.17, 15) is 4.79 Å². The Morgan fingerprint density at radius 3 is 2.53 bits per heavy atom. The van der Waals surface area contributed by atoms with Crippen LogP contribution in [0.25, 0.3) is 0 Å². The minimum atomic E-state index is -0.0990. The molecule has 2 aromatic rings. The van der Waals surface area contributed by atoms with Crippen LogP contribution in [0.5, 0.6) is 0 Å². The number of anilines is 1. The Kier molecular flexibility index (Phi) is 4.07. The third kappa shape index (κ3) is 3.48. The van der Waals surface area contributed by atoms with Gasteiger partial charge in [-0.3, -0.25) is 4.79 Å². The molecule has 2 rings (SSSR count). The monoisotopic (exact) mass is 274 g/mol. The van der Waals surface area contributed by atoms with Crippen molar-refractivity contribution in [3.05, 3.63) is 64.7 Å². The van der Waals surface area contributed by atoms with Crippen LogP contribution in [-0.4, -0.2) is 17.9 Å². The third-order valence-electron chi connectivity index (χ3n) is 2.78. The van der Waals surface area contributed by atoms with Crippen molar-refractivity contribution in [3.63, 3.8) is 0 Å². The number of carbonyl (C=O) groups is 1. The lowest BCUT2D eigenvalue weighted by Crippen LogP contribution is -2.26. The molecule has 0 unspecified atom stereocenters. The van der Waals surface area contributed by atoms with Crippen molar-refractivity contribution < 1.29 is 4.79 Å². The highest BCUT2D eigenvalue weighted by molar-refractivity contribution is 6.31. The van der Waals surface area contributed by atoms with E-state index in [1.165, 1.54) is 0 Å². The highest BCUT2D eigenvalue weighted by atomic mass is 35.5. The predicted octanol–water partition coefficient (Wildman–Crippen LogP) is 3.19. The fraction of sp³-hybridized carbons (Fsp3) is 0.133. The summed E-state index contributed by atoms with van der Waals surface area (Å²) in [4.78, 5) is 13.9. The van der Waals surface area contributed by atoms with Gasteiger partial charge in [0.05, 0.1) is 0 Å². The lowest BCUT2D eigenvalue weighted by atomic mass is 10.1. The first-order valence-electron chi connectivity index (χ1n) is 5.92. The number of amides is 1. The SMILES string of the molecule is CN(Cc1ccccc1)C(=O)c1cc(N)cc(Cl)c1. The van der Waals surface area contributed by atoms with Crippen LogP contribution in [0, 0.1) is 0 Å². The first-order valence-corrected chi connectivity index (χ1v) is 6.29. The molecule has 0 atom stereocenters. The number of nitrogens with zero attached hydrogens (tertiary/aromatic N) is 1. The van der Waals surface area contributed by atoms with Crippen LogP contribution in [0.2, 0.25) is 5.02 Å². The summed E-state index contributed by atoms with van der Waals surface area (Å²) in [7, 11) is 1.76. The first-order chi connectivity index (χ1) is 9.06. The van der Waals surface area contributed by atoms with Gasteiger partial charge in [0, 0.05) is 29.9 Å². The molecular weight excluding hydrogens is 260 g/mol. The lowest BCUT2D eigenvalue weighted by Gasteiger charge is -2.17. The van der Waals surface area contributed by atoms with Gasteiger partial charge in [0.1, 0.15) is 0 Å². The van der Waals surface area contributed by atoms with Crippen LogP contribution >= 0.6 is 11.6 Å². The summed E-state index contributed by atoms with van der Waals surface area (Å²) in [5, 5.41) is 0.469. The number of halogens is 1. The Labute approximate surface area is 117 Å². The second-order valence-electron chi connectivity index (χ2n) is 4.42. The Morgan fingerprint density at radius 1 is 1.21 bits per heavy atom. The van der Waals surface area contributed by atoms with Gasteiger partial charge in [-0.15, -0.1) is 0 Å². The number of rotatable bonds is 3. The molecular formula is C15H15ClN2O. The molecule has 3 nitrogen and oxygen atoms in total. The van der Waals surface area contributed by atoms with Crippen molar-refractivity contribution in [1.29, 1.82) is 0 Å². The average Bonchev–Trinajstić information content (AvgIpc) is 2.37. The minimum Gasteiger partial charge on any atom is -0.399 e. The molecule has 0 saturated carbocycles. The van der Waals surface area contributed by atoms with Gasteiger partial charge < -0.3 is 10.6 Å². The van der Waals surface area contributed by atoms with Gasteiger partial charge in [-0.2, -0.15) is 0 Å². The smallest absolute Gasteiger partial charge is 0.254 e. The quantitative estimate of drug-likeness (QED) is 0.874. The fourth-order valence-corrected chi connectivity index (χ4v) is 2.13. The maximum atomic E-state index is 12.3. The van der Waals surface area contributed by atoms with Crippen LogP contribution < -0.4 is 5.73 Å². The highest BCUT2D eigenvalue weighted by Gasteiger charge is 2.13. The molecule has 0 aliphatic rings. The lowest BCUT2D eigenvalue weighted by molar-refractivity contribution is 0.0785. The number of hydrogen-bond donors (Lipinski definition) is 1. The van der Waals surface area contributed by atoms with E-state index < -0.39 is 0 Å². The molecule has 0 aliphatic carbocycles. The van der Waals surface area contributed by atoms with Gasteiger partial charge in [-0.05, 0) is 23.8 Å². The molecule has 0 fully saturated rings. The molecule has 4 heteroatoms. The van der Waals surface area contributed by atoms with E-state index in [4.69, 9.17) is 17.3 Å². The predicted molar refractivity (Wildman–Crippen MR) is 78.1 cm³/mol. The summed E-state index contributed by atoms with van der Waals surface area (Å²) in [6.07, 6.45) is 0. The minimum absolute atomic E-state index is 0.0990. The molecule has 19 heavy (non-hydrogen) atoms. The third-order valence-corrected chi connectivity index (χ3v) is 2.99. The molecule has 0 heterocycles. The Hall–Kier alpha value is -2.00. The maximum Gasteiger partial charge on any atom is 0.254 e. The van der Waals surface area contributed by atoms with Crippen molar-refractivity contribution in [1.82, 2.24) is 4.90 Å². The van der Waals surface area contributed by atoms with Crippen molar-refractivity contribution in [2.75, 3.05) is 12.8 Å². The average molecular weight is 275 g/mol. The molecule has 0 aromatic heterocycles. The largest absolute Gasteiger partial charge is 0.399 e. The van der Waals surface area contributed by atoms with E-state index in [0.717, 1.165) is 5.56 Å². The molecule has 0 aliphatic heterocycles. The van der Waals surface area contributed by atoms with E-state index in [2.05, 4.69) is 0 Å². The first kappa shape index (κ1) is 13.4. The molecule has 98 valence electrons. The molecule has 0 radical (unpaired) electrons. The highest BCUT2D eigenvalue weighted by Crippen LogP contribution is 2.18. The van der Waals surface area contributed by atoms with Crippen LogP contribution in [0.3, 0.4) is 0 Å². The Bertz CT molecular complexity index is 564. The van der Waals surface area contributed by atoms with E-state index >= 15 is 0 Å². The van der Waals surface area contributed by atoms with Crippen LogP contribution in [-0.2, 0) is 6.54 Å². The van der Waals surface area contributed by atoms with Gasteiger partial charge in [0.15, 0.2) is 0 Å². The summed E-state index contributed by atoms with van der Waals surface area (Å²) < 4.78 is 0. The van der Waals surface area contributed by atoms with Crippen molar-refractivity contribution in [2.45, 2.75) is 6.54 Å². The zero-order valence-corrected chi connectivity index (χ0v) is 11.4. The Balaban J connectivity index is 2.15. The molecule has 2 aromatic carbocycles. The topological polar surface area (TPSA) is 46.3 Å². The zero-order valence-electron chi connectivity index (χ0n) is 10.6. The molecule has 2 N–H and O–H groups in total. The standard InChI is InChI=1S/C15H15ClN2O/c1-18(10-11-5-3-2-4-6-11)15(19)12-7-13(16)9-14(17)8-12/h2-9H,10,17H2,1H3. The molecule has 0 bridgehead atoms. The summed E-state index contributed by atoms with van der Waals surface area (Å²) in [5.74, 6) is -0.0990. The number of nitrogen functional groups attached to an aromatic ring is 1. The number of nitrogens with two attached hydrogens (primary N) is 1. The van der Waals surface area contributed by atoms with Crippen molar-refractivity contribution in [3.8, 4) is 0 Å². The van der Waals surface area contributed by atoms with E-state index in [1.807, 2.05) is 30.3 Å². The van der Waals surface area contributed by atoms with Crippen LogP contribution in [0.1, 0.15) is 15.9 Å². The van der Waals surface area contributed by atoms with Crippen LogP contribution in [0.15, 0.2) is 48.5 Å². The normalized spacial score (nSPS) is 10.2. The molecule has 1 amide bonds. The van der Waals surface area contributed by atoms with Gasteiger partial charge in [-0.25, -0.2) is 0 Å². The molecule has 0 saturated heterocycles. The van der Waals surface area contributed by atoms with E-state index in [-0.39, 0.29) is 5.91 Å². The number of hydrogen-bond acceptors (Lipinski definition) is 2. The van der Waals surface area contributed by atoms with Gasteiger partial charge in [0.2, 0.25) is 0 Å². The number of carbonyl (C=O) groups excluding carboxylic acids is 1. The van der Waals surface area contributed by atoms with Gasteiger partial charge in [-0.1, -0.05) is 41.9 Å². The fourth-order valence-electron chi connectivity index (χ4n) is 1.89. The second-order valence-corrected chi connectivity index (χ2v) is 4.86. The second kappa shape index (κ2) is 5.76. The maximum absolute atomic E-state index is 12.3. The summed E-state index contributed by atoms with van der Waals surface area (Å²) in [5.41, 5.74) is 7.76. The zero-order chi connectivity index (χ0) is 13.8. The van der Waals surface area contributed by atoms with Gasteiger partial charge in [0.25, 0.3) is 5.91 Å². The Morgan fingerprint density at radius 2 is 1.89 bits per heavy atom. The molecule has 0 spiro atoms. The van der Waals surface area contributed by atoms with Gasteiger partial charge >= 0.3 is 0 Å².